The van der Waals surface area contributed by atoms with E-state index >= 15 is 0 Å². The molecule has 0 N–H and O–H groups in total. The summed E-state index contributed by atoms with van der Waals surface area (Å²) in [6, 6.07) is 7.57. The van der Waals surface area contributed by atoms with E-state index in [0.29, 0.717) is 6.04 Å². The Bertz CT molecular complexity index is 839. The molecular weight excluding hydrogens is 368 g/mol. The van der Waals surface area contributed by atoms with Crippen LogP contribution < -0.4 is 4.74 Å². The molecule has 0 spiro atoms. The molecule has 3 nitrogen and oxygen atoms in total. The molecule has 0 bridgehead atoms. The van der Waals surface area contributed by atoms with Crippen LogP contribution in [0.15, 0.2) is 54.2 Å². The largest absolute Gasteiger partial charge is 0.487 e. The van der Waals surface area contributed by atoms with Crippen LogP contribution in [0.1, 0.15) is 57.1 Å². The summed E-state index contributed by atoms with van der Waals surface area (Å²) < 4.78 is 6.61. The van der Waals surface area contributed by atoms with Crippen molar-refractivity contribution in [3.8, 4) is 5.75 Å². The van der Waals surface area contributed by atoms with Crippen molar-refractivity contribution in [3.63, 3.8) is 0 Å². The van der Waals surface area contributed by atoms with E-state index in [1.54, 1.807) is 0 Å². The van der Waals surface area contributed by atoms with Crippen molar-refractivity contribution in [1.82, 2.24) is 9.80 Å². The molecule has 1 aromatic carbocycles. The maximum absolute atomic E-state index is 6.61. The molecule has 1 saturated heterocycles. The van der Waals surface area contributed by atoms with Crippen molar-refractivity contribution in [3.05, 3.63) is 65.3 Å². The van der Waals surface area contributed by atoms with Crippen LogP contribution in [-0.2, 0) is 13.0 Å². The highest BCUT2D eigenvalue weighted by atomic mass is 16.5. The lowest BCUT2D eigenvalue weighted by Crippen LogP contribution is -2.41. The van der Waals surface area contributed by atoms with Crippen LogP contribution in [0.5, 0.6) is 5.75 Å². The summed E-state index contributed by atoms with van der Waals surface area (Å²) in [5, 5.41) is 0. The average Bonchev–Trinajstić information content (AvgIpc) is 3.32. The highest BCUT2D eigenvalue weighted by Crippen LogP contribution is 2.42. The van der Waals surface area contributed by atoms with Crippen molar-refractivity contribution < 1.29 is 4.74 Å². The minimum Gasteiger partial charge on any atom is -0.487 e. The third kappa shape index (κ3) is 4.43. The standard InChI is InChI=1S/C27H38N2O/c1-5-9-23-13-15-29(20-22(23)6-2)19-21-11-12-26-24(16-21)17-27(7-3,30-26)18-25-10-8-14-28(25)4/h5-6,9,11-12,16,25H,2,7-8,10,13-15,17-20H2,1,3-4H3/b9-5-. The Hall–Kier alpha value is -1.84. The molecule has 30 heavy (non-hydrogen) atoms. The Balaban J connectivity index is 1.44. The van der Waals surface area contributed by atoms with E-state index in [4.69, 9.17) is 4.74 Å². The molecule has 0 radical (unpaired) electrons. The highest BCUT2D eigenvalue weighted by Gasteiger charge is 2.41. The van der Waals surface area contributed by atoms with Crippen LogP contribution >= 0.6 is 0 Å². The molecule has 162 valence electrons. The minimum atomic E-state index is -0.0184. The van der Waals surface area contributed by atoms with E-state index in [0.717, 1.165) is 51.1 Å². The molecule has 3 aliphatic heterocycles. The first-order valence-corrected chi connectivity index (χ1v) is 11.8. The Kier molecular flexibility index (Phi) is 6.50. The van der Waals surface area contributed by atoms with E-state index in [-0.39, 0.29) is 5.60 Å². The minimum absolute atomic E-state index is 0.0184. The van der Waals surface area contributed by atoms with Gasteiger partial charge < -0.3 is 9.64 Å². The SMILES string of the molecule is C=CC1=C(/C=C\C)CCN(Cc2ccc3c(c2)CC(CC)(CC2CCCN2C)O3)C1. The van der Waals surface area contributed by atoms with Gasteiger partial charge in [0.1, 0.15) is 11.4 Å². The number of fused-ring (bicyclic) bond motifs is 1. The molecule has 3 aliphatic rings. The van der Waals surface area contributed by atoms with Crippen molar-refractivity contribution in [1.29, 1.82) is 0 Å². The summed E-state index contributed by atoms with van der Waals surface area (Å²) >= 11 is 0. The molecule has 2 atom stereocenters. The van der Waals surface area contributed by atoms with Gasteiger partial charge in [-0.1, -0.05) is 43.9 Å². The topological polar surface area (TPSA) is 15.7 Å². The Morgan fingerprint density at radius 3 is 2.83 bits per heavy atom. The molecule has 3 heteroatoms. The zero-order valence-electron chi connectivity index (χ0n) is 19.1. The van der Waals surface area contributed by atoms with Gasteiger partial charge in [0.2, 0.25) is 0 Å². The van der Waals surface area contributed by atoms with Crippen molar-refractivity contribution >= 4 is 0 Å². The third-order valence-electron chi connectivity index (χ3n) is 7.41. The summed E-state index contributed by atoms with van der Waals surface area (Å²) in [6.07, 6.45) is 13.4. The van der Waals surface area contributed by atoms with E-state index < -0.39 is 0 Å². The van der Waals surface area contributed by atoms with Crippen LogP contribution in [0.25, 0.3) is 0 Å². The van der Waals surface area contributed by atoms with Gasteiger partial charge in [-0.2, -0.15) is 0 Å². The van der Waals surface area contributed by atoms with Crippen molar-refractivity contribution in [2.45, 2.75) is 70.6 Å². The molecule has 2 unspecified atom stereocenters. The first-order chi connectivity index (χ1) is 14.6. The molecule has 0 aromatic heterocycles. The van der Waals surface area contributed by atoms with Gasteiger partial charge in [-0.25, -0.2) is 0 Å². The second-order valence-corrected chi connectivity index (χ2v) is 9.45. The predicted octanol–water partition coefficient (Wildman–Crippen LogP) is 5.52. The van der Waals surface area contributed by atoms with E-state index in [1.807, 2.05) is 6.08 Å². The molecule has 1 fully saturated rings. The zero-order valence-corrected chi connectivity index (χ0v) is 19.1. The lowest BCUT2D eigenvalue weighted by molar-refractivity contribution is 0.0545. The van der Waals surface area contributed by atoms with Crippen molar-refractivity contribution in [2.24, 2.45) is 0 Å². The van der Waals surface area contributed by atoms with Gasteiger partial charge in [0, 0.05) is 38.5 Å². The fraction of sp³-hybridized carbons (Fsp3) is 0.556. The lowest BCUT2D eigenvalue weighted by Gasteiger charge is -2.33. The fourth-order valence-electron chi connectivity index (χ4n) is 5.55. The number of nitrogens with zero attached hydrogens (tertiary/aromatic N) is 2. The number of ether oxygens (including phenoxy) is 1. The van der Waals surface area contributed by atoms with Gasteiger partial charge in [0.05, 0.1) is 0 Å². The maximum atomic E-state index is 6.61. The van der Waals surface area contributed by atoms with Gasteiger partial charge in [0.15, 0.2) is 0 Å². The summed E-state index contributed by atoms with van der Waals surface area (Å²) in [7, 11) is 2.27. The predicted molar refractivity (Wildman–Crippen MR) is 126 cm³/mol. The molecule has 0 amide bonds. The average molecular weight is 407 g/mol. The molecule has 0 saturated carbocycles. The summed E-state index contributed by atoms with van der Waals surface area (Å²) in [6.45, 7) is 12.8. The van der Waals surface area contributed by atoms with Gasteiger partial charge in [-0.05, 0) is 74.5 Å². The molecule has 1 aromatic rings. The second-order valence-electron chi connectivity index (χ2n) is 9.45. The zero-order chi connectivity index (χ0) is 21.1. The third-order valence-corrected chi connectivity index (χ3v) is 7.41. The Morgan fingerprint density at radius 1 is 1.27 bits per heavy atom. The number of hydrogen-bond donors (Lipinski definition) is 0. The van der Waals surface area contributed by atoms with E-state index in [2.05, 4.69) is 67.6 Å². The first-order valence-electron chi connectivity index (χ1n) is 11.8. The summed E-state index contributed by atoms with van der Waals surface area (Å²) in [5.74, 6) is 1.11. The normalized spacial score (nSPS) is 27.6. The molecule has 4 rings (SSSR count). The monoisotopic (exact) mass is 406 g/mol. The number of hydrogen-bond acceptors (Lipinski definition) is 3. The van der Waals surface area contributed by atoms with Crippen LogP contribution in [0, 0.1) is 0 Å². The van der Waals surface area contributed by atoms with Gasteiger partial charge >= 0.3 is 0 Å². The number of likely N-dealkylation sites (tertiary alicyclic amines) is 1. The van der Waals surface area contributed by atoms with Crippen molar-refractivity contribution in [2.75, 3.05) is 26.7 Å². The number of allylic oxidation sites excluding steroid dienone is 2. The number of rotatable bonds is 7. The second kappa shape index (κ2) is 9.11. The highest BCUT2D eigenvalue weighted by molar-refractivity contribution is 5.43. The first kappa shape index (κ1) is 21.4. The summed E-state index contributed by atoms with van der Waals surface area (Å²) in [4.78, 5) is 5.07. The lowest BCUT2D eigenvalue weighted by atomic mass is 9.86. The van der Waals surface area contributed by atoms with Gasteiger partial charge in [-0.3, -0.25) is 4.90 Å². The Morgan fingerprint density at radius 2 is 2.13 bits per heavy atom. The van der Waals surface area contributed by atoms with Crippen LogP contribution in [-0.4, -0.2) is 48.1 Å². The van der Waals surface area contributed by atoms with Crippen LogP contribution in [0.3, 0.4) is 0 Å². The quantitative estimate of drug-likeness (QED) is 0.593. The Labute approximate surface area is 183 Å². The maximum Gasteiger partial charge on any atom is 0.123 e. The molecule has 0 aliphatic carbocycles. The number of benzene rings is 1. The van der Waals surface area contributed by atoms with Gasteiger partial charge in [0.25, 0.3) is 0 Å². The van der Waals surface area contributed by atoms with Crippen LogP contribution in [0.4, 0.5) is 0 Å². The van der Waals surface area contributed by atoms with Crippen LogP contribution in [0.2, 0.25) is 0 Å². The van der Waals surface area contributed by atoms with Gasteiger partial charge in [-0.15, -0.1) is 0 Å². The molecular formula is C27H38N2O. The van der Waals surface area contributed by atoms with E-state index in [9.17, 15) is 0 Å². The summed E-state index contributed by atoms with van der Waals surface area (Å²) in [5.41, 5.74) is 5.60. The molecule has 3 heterocycles. The fourth-order valence-corrected chi connectivity index (χ4v) is 5.55. The smallest absolute Gasteiger partial charge is 0.123 e. The van der Waals surface area contributed by atoms with E-state index in [1.165, 1.54) is 41.7 Å².